The molecule has 3 aromatic carbocycles. The number of hydrogen-bond acceptors (Lipinski definition) is 3. The maximum atomic E-state index is 12.9. The highest BCUT2D eigenvalue weighted by atomic mass is 16.5. The summed E-state index contributed by atoms with van der Waals surface area (Å²) in [6.07, 6.45) is 3.86. The molecular weight excluding hydrogens is 398 g/mol. The summed E-state index contributed by atoms with van der Waals surface area (Å²) >= 11 is 0. The number of rotatable bonds is 6. The largest absolute Gasteiger partial charge is 0.486 e. The Labute approximate surface area is 185 Å². The quantitative estimate of drug-likeness (QED) is 0.377. The Morgan fingerprint density at radius 1 is 0.812 bits per heavy atom. The van der Waals surface area contributed by atoms with E-state index in [4.69, 9.17) is 4.74 Å². The zero-order chi connectivity index (χ0) is 21.8. The molecule has 0 bridgehead atoms. The second kappa shape index (κ2) is 8.78. The Hall–Kier alpha value is -4.38. The van der Waals surface area contributed by atoms with Crippen molar-refractivity contribution in [3.05, 3.63) is 121 Å². The molecule has 0 radical (unpaired) electrons. The Morgan fingerprint density at radius 2 is 1.53 bits per heavy atom. The van der Waals surface area contributed by atoms with Gasteiger partial charge < -0.3 is 14.5 Å². The lowest BCUT2D eigenvalue weighted by Gasteiger charge is -2.11. The van der Waals surface area contributed by atoms with Gasteiger partial charge in [0, 0.05) is 18.1 Å². The van der Waals surface area contributed by atoms with Crippen molar-refractivity contribution in [2.24, 2.45) is 0 Å². The number of pyridine rings is 1. The minimum absolute atomic E-state index is 0.219. The van der Waals surface area contributed by atoms with Gasteiger partial charge in [0.2, 0.25) is 0 Å². The summed E-state index contributed by atoms with van der Waals surface area (Å²) in [6, 6.07) is 31.0. The maximum absolute atomic E-state index is 12.9. The standard InChI is InChI=1S/C27H21N3O2/c31-27(29-22-15-13-21(14-16-22)20-8-2-1-3-9-20)24-10-4-5-11-25(24)32-19-23-18-30-17-7-6-12-26(30)28-23/h1-18H,19H2,(H,29,31). The average Bonchev–Trinajstić information content (AvgIpc) is 3.27. The van der Waals surface area contributed by atoms with Gasteiger partial charge >= 0.3 is 0 Å². The smallest absolute Gasteiger partial charge is 0.259 e. The predicted octanol–water partition coefficient (Wildman–Crippen LogP) is 5.83. The molecule has 1 N–H and O–H groups in total. The molecule has 0 aliphatic heterocycles. The van der Waals surface area contributed by atoms with E-state index in [1.54, 1.807) is 12.1 Å². The second-order valence-corrected chi connectivity index (χ2v) is 7.38. The lowest BCUT2D eigenvalue weighted by atomic mass is 10.1. The van der Waals surface area contributed by atoms with Crippen LogP contribution in [0.25, 0.3) is 16.8 Å². The molecule has 2 heterocycles. The van der Waals surface area contributed by atoms with E-state index in [1.807, 2.05) is 89.6 Å². The molecule has 0 spiro atoms. The Balaban J connectivity index is 1.29. The van der Waals surface area contributed by atoms with Crippen LogP contribution in [0.2, 0.25) is 0 Å². The van der Waals surface area contributed by atoms with Crippen molar-refractivity contribution in [1.29, 1.82) is 0 Å². The molecule has 5 heteroatoms. The van der Waals surface area contributed by atoms with Crippen LogP contribution in [0, 0.1) is 0 Å². The van der Waals surface area contributed by atoms with Crippen LogP contribution in [0.4, 0.5) is 5.69 Å². The molecule has 0 saturated heterocycles. The fourth-order valence-corrected chi connectivity index (χ4v) is 3.56. The molecule has 0 unspecified atom stereocenters. The number of nitrogens with one attached hydrogen (secondary N) is 1. The molecule has 0 aliphatic carbocycles. The monoisotopic (exact) mass is 419 g/mol. The van der Waals surface area contributed by atoms with Crippen LogP contribution >= 0.6 is 0 Å². The number of carbonyl (C=O) groups excluding carboxylic acids is 1. The van der Waals surface area contributed by atoms with E-state index < -0.39 is 0 Å². The van der Waals surface area contributed by atoms with Crippen LogP contribution in [-0.2, 0) is 6.61 Å². The molecule has 1 amide bonds. The van der Waals surface area contributed by atoms with E-state index >= 15 is 0 Å². The van der Waals surface area contributed by atoms with Gasteiger partial charge in [0.05, 0.1) is 11.3 Å². The second-order valence-electron chi connectivity index (χ2n) is 7.38. The van der Waals surface area contributed by atoms with Gasteiger partial charge in [0.15, 0.2) is 0 Å². The third-order valence-electron chi connectivity index (χ3n) is 5.17. The number of ether oxygens (including phenoxy) is 1. The summed E-state index contributed by atoms with van der Waals surface area (Å²) in [5, 5.41) is 2.96. The van der Waals surface area contributed by atoms with Gasteiger partial charge in [-0.3, -0.25) is 4.79 Å². The lowest BCUT2D eigenvalue weighted by Crippen LogP contribution is -2.13. The molecule has 0 atom stereocenters. The number of benzene rings is 3. The first-order chi connectivity index (χ1) is 15.8. The predicted molar refractivity (Wildman–Crippen MR) is 126 cm³/mol. The number of amides is 1. The van der Waals surface area contributed by atoms with Crippen LogP contribution in [0.5, 0.6) is 5.75 Å². The van der Waals surface area contributed by atoms with Crippen LogP contribution in [0.15, 0.2) is 109 Å². The summed E-state index contributed by atoms with van der Waals surface area (Å²) in [5.74, 6) is 0.297. The summed E-state index contributed by atoms with van der Waals surface area (Å²) in [7, 11) is 0. The third kappa shape index (κ3) is 4.23. The van der Waals surface area contributed by atoms with Gasteiger partial charge in [-0.2, -0.15) is 0 Å². The van der Waals surface area contributed by atoms with E-state index in [9.17, 15) is 4.79 Å². The van der Waals surface area contributed by atoms with E-state index in [0.717, 1.165) is 28.2 Å². The van der Waals surface area contributed by atoms with Crippen molar-refractivity contribution in [2.45, 2.75) is 6.61 Å². The SMILES string of the molecule is O=C(Nc1ccc(-c2ccccc2)cc1)c1ccccc1OCc1cn2ccccc2n1. The number of nitrogens with zero attached hydrogens (tertiary/aromatic N) is 2. The van der Waals surface area contributed by atoms with Crippen molar-refractivity contribution in [1.82, 2.24) is 9.38 Å². The molecule has 0 fully saturated rings. The number of para-hydroxylation sites is 1. The Morgan fingerprint density at radius 3 is 2.34 bits per heavy atom. The topological polar surface area (TPSA) is 55.6 Å². The zero-order valence-electron chi connectivity index (χ0n) is 17.3. The van der Waals surface area contributed by atoms with Gasteiger partial charge in [-0.1, -0.05) is 60.7 Å². The van der Waals surface area contributed by atoms with Crippen molar-refractivity contribution in [3.63, 3.8) is 0 Å². The summed E-state index contributed by atoms with van der Waals surface area (Å²) in [6.45, 7) is 0.276. The van der Waals surface area contributed by atoms with E-state index in [1.165, 1.54) is 0 Å². The first-order valence-electron chi connectivity index (χ1n) is 10.4. The highest BCUT2D eigenvalue weighted by molar-refractivity contribution is 6.06. The van der Waals surface area contributed by atoms with Crippen LogP contribution in [0.1, 0.15) is 16.1 Å². The van der Waals surface area contributed by atoms with E-state index in [2.05, 4.69) is 22.4 Å². The summed E-state index contributed by atoms with van der Waals surface area (Å²) in [5.41, 5.74) is 5.09. The Kier molecular flexibility index (Phi) is 5.37. The normalized spacial score (nSPS) is 10.8. The first kappa shape index (κ1) is 19.6. The zero-order valence-corrected chi connectivity index (χ0v) is 17.3. The molecule has 32 heavy (non-hydrogen) atoms. The minimum atomic E-state index is -0.219. The molecule has 0 saturated carbocycles. The fraction of sp³-hybridized carbons (Fsp3) is 0.0370. The maximum Gasteiger partial charge on any atom is 0.259 e. The molecular formula is C27H21N3O2. The molecule has 156 valence electrons. The fourth-order valence-electron chi connectivity index (χ4n) is 3.56. The average molecular weight is 419 g/mol. The van der Waals surface area contributed by atoms with Crippen LogP contribution < -0.4 is 10.1 Å². The number of carbonyl (C=O) groups is 1. The van der Waals surface area contributed by atoms with Crippen molar-refractivity contribution in [3.8, 4) is 16.9 Å². The van der Waals surface area contributed by atoms with Crippen LogP contribution in [-0.4, -0.2) is 15.3 Å². The number of fused-ring (bicyclic) bond motifs is 1. The van der Waals surface area contributed by atoms with Crippen molar-refractivity contribution < 1.29 is 9.53 Å². The molecule has 5 nitrogen and oxygen atoms in total. The van der Waals surface area contributed by atoms with Gasteiger partial charge in [-0.05, 0) is 47.5 Å². The van der Waals surface area contributed by atoms with Crippen molar-refractivity contribution in [2.75, 3.05) is 5.32 Å². The summed E-state index contributed by atoms with van der Waals surface area (Å²) in [4.78, 5) is 17.5. The van der Waals surface area contributed by atoms with Crippen LogP contribution in [0.3, 0.4) is 0 Å². The minimum Gasteiger partial charge on any atom is -0.486 e. The highest BCUT2D eigenvalue weighted by Crippen LogP contribution is 2.24. The van der Waals surface area contributed by atoms with Gasteiger partial charge in [-0.25, -0.2) is 4.98 Å². The number of anilines is 1. The third-order valence-corrected chi connectivity index (χ3v) is 5.17. The molecule has 5 rings (SSSR count). The van der Waals surface area contributed by atoms with E-state index in [0.29, 0.717) is 11.3 Å². The lowest BCUT2D eigenvalue weighted by molar-refractivity contribution is 0.102. The molecule has 0 aliphatic rings. The summed E-state index contributed by atoms with van der Waals surface area (Å²) < 4.78 is 7.89. The Bertz CT molecular complexity index is 1330. The van der Waals surface area contributed by atoms with Crippen molar-refractivity contribution >= 4 is 17.2 Å². The molecule has 5 aromatic rings. The number of aromatic nitrogens is 2. The number of hydrogen-bond donors (Lipinski definition) is 1. The molecule has 2 aromatic heterocycles. The van der Waals surface area contributed by atoms with E-state index in [-0.39, 0.29) is 12.5 Å². The first-order valence-corrected chi connectivity index (χ1v) is 10.4. The number of imidazole rings is 1. The van der Waals surface area contributed by atoms with Gasteiger partial charge in [-0.15, -0.1) is 0 Å². The van der Waals surface area contributed by atoms with Gasteiger partial charge in [0.1, 0.15) is 18.0 Å². The van der Waals surface area contributed by atoms with Gasteiger partial charge in [0.25, 0.3) is 5.91 Å². The highest BCUT2D eigenvalue weighted by Gasteiger charge is 2.13.